The summed E-state index contributed by atoms with van der Waals surface area (Å²) in [5.74, 6) is 0.443. The molecule has 1 N–H and O–H groups in total. The minimum absolute atomic E-state index is 0.106. The van der Waals surface area contributed by atoms with E-state index in [9.17, 15) is 9.59 Å². The van der Waals surface area contributed by atoms with Gasteiger partial charge in [-0.25, -0.2) is 4.79 Å². The fraction of sp³-hybridized carbons (Fsp3) is 0.667. The molecular formula is C24H40N2O5Si. The Hall–Kier alpha value is -2.06. The summed E-state index contributed by atoms with van der Waals surface area (Å²) in [4.78, 5) is 27.5. The molecule has 0 spiro atoms. The summed E-state index contributed by atoms with van der Waals surface area (Å²) in [6.07, 6.45) is -0.589. The van der Waals surface area contributed by atoms with E-state index in [-0.39, 0.29) is 16.9 Å². The van der Waals surface area contributed by atoms with Gasteiger partial charge in [-0.2, -0.15) is 0 Å². The highest BCUT2D eigenvalue weighted by Gasteiger charge is 2.43. The average Bonchev–Trinajstić information content (AvgIpc) is 2.95. The second-order valence-electron chi connectivity index (χ2n) is 10.9. The lowest BCUT2D eigenvalue weighted by atomic mass is 9.94. The van der Waals surface area contributed by atoms with Crippen LogP contribution in [0.3, 0.4) is 0 Å². The second kappa shape index (κ2) is 9.83. The van der Waals surface area contributed by atoms with Crippen molar-refractivity contribution in [2.24, 2.45) is 0 Å². The van der Waals surface area contributed by atoms with Crippen molar-refractivity contribution in [3.63, 3.8) is 0 Å². The number of carbonyl (C=O) groups is 2. The van der Waals surface area contributed by atoms with Gasteiger partial charge in [0.05, 0.1) is 13.7 Å². The van der Waals surface area contributed by atoms with Gasteiger partial charge in [0.15, 0.2) is 8.32 Å². The molecule has 0 unspecified atom stereocenters. The van der Waals surface area contributed by atoms with Gasteiger partial charge in [0.2, 0.25) is 5.91 Å². The first kappa shape index (κ1) is 26.2. The molecule has 32 heavy (non-hydrogen) atoms. The molecule has 2 amide bonds. The Labute approximate surface area is 193 Å². The van der Waals surface area contributed by atoms with E-state index in [1.807, 2.05) is 24.3 Å². The molecule has 8 heteroatoms. The minimum atomic E-state index is -1.90. The molecule has 1 aliphatic heterocycles. The van der Waals surface area contributed by atoms with Gasteiger partial charge in [0.1, 0.15) is 17.4 Å². The molecule has 1 fully saturated rings. The first-order valence-electron chi connectivity index (χ1n) is 11.2. The number of likely N-dealkylation sites (tertiary alicyclic amines) is 1. The number of benzene rings is 1. The summed E-state index contributed by atoms with van der Waals surface area (Å²) >= 11 is 0. The minimum Gasteiger partial charge on any atom is -0.497 e. The highest BCUT2D eigenvalue weighted by atomic mass is 28.4. The summed E-state index contributed by atoms with van der Waals surface area (Å²) in [5.41, 5.74) is 0.325. The van der Waals surface area contributed by atoms with Crippen molar-refractivity contribution in [2.75, 3.05) is 26.8 Å². The Kier molecular flexibility index (Phi) is 8.04. The molecule has 7 nitrogen and oxygen atoms in total. The van der Waals surface area contributed by atoms with E-state index in [1.165, 1.54) is 0 Å². The Morgan fingerprint density at radius 2 is 1.72 bits per heavy atom. The molecule has 1 aliphatic rings. The number of hydrogen-bond acceptors (Lipinski definition) is 5. The Balaban J connectivity index is 2.16. The van der Waals surface area contributed by atoms with Gasteiger partial charge in [0, 0.05) is 19.0 Å². The smallest absolute Gasteiger partial charge is 0.408 e. The number of ether oxygens (including phenoxy) is 2. The van der Waals surface area contributed by atoms with E-state index in [0.717, 1.165) is 11.3 Å². The maximum atomic E-state index is 13.3. The first-order valence-corrected chi connectivity index (χ1v) is 14.1. The molecule has 0 radical (unpaired) electrons. The fourth-order valence-electron chi connectivity index (χ4n) is 3.38. The Bertz CT molecular complexity index is 796. The summed E-state index contributed by atoms with van der Waals surface area (Å²) in [7, 11) is -0.286. The molecular weight excluding hydrogens is 424 g/mol. The lowest BCUT2D eigenvalue weighted by molar-refractivity contribution is -0.129. The Morgan fingerprint density at radius 3 is 2.22 bits per heavy atom. The molecule has 1 heterocycles. The van der Waals surface area contributed by atoms with Crippen molar-refractivity contribution < 1.29 is 23.5 Å². The standard InChI is InChI=1S/C24H40N2O5Si/c1-23(2,3)31-22(28)25-20-19(17-10-12-18(29-7)13-11-17)16-26(21(20)27)14-15-30-32(8,9)24(4,5)6/h10-13,19-20H,14-16H2,1-9H3,(H,25,28)/t19-,20-/m0/s1. The number of amides is 2. The number of nitrogens with zero attached hydrogens (tertiary/aromatic N) is 1. The van der Waals surface area contributed by atoms with Crippen LogP contribution in [-0.2, 0) is 14.0 Å². The molecule has 2 atom stereocenters. The van der Waals surface area contributed by atoms with Crippen LogP contribution in [0.1, 0.15) is 53.0 Å². The van der Waals surface area contributed by atoms with Crippen LogP contribution in [0.4, 0.5) is 4.79 Å². The molecule has 1 aromatic rings. The van der Waals surface area contributed by atoms with Crippen LogP contribution >= 0.6 is 0 Å². The van der Waals surface area contributed by atoms with Gasteiger partial charge in [-0.1, -0.05) is 32.9 Å². The highest BCUT2D eigenvalue weighted by molar-refractivity contribution is 6.74. The van der Waals surface area contributed by atoms with Crippen molar-refractivity contribution in [1.29, 1.82) is 0 Å². The van der Waals surface area contributed by atoms with Crippen molar-refractivity contribution in [2.45, 2.75) is 77.2 Å². The van der Waals surface area contributed by atoms with Crippen LogP contribution in [0.2, 0.25) is 18.1 Å². The van der Waals surface area contributed by atoms with Crippen molar-refractivity contribution in [3.8, 4) is 5.75 Å². The highest BCUT2D eigenvalue weighted by Crippen LogP contribution is 2.36. The van der Waals surface area contributed by atoms with Gasteiger partial charge < -0.3 is 24.1 Å². The topological polar surface area (TPSA) is 77.1 Å². The van der Waals surface area contributed by atoms with Gasteiger partial charge >= 0.3 is 6.09 Å². The number of alkyl carbamates (subject to hydrolysis) is 1. The van der Waals surface area contributed by atoms with Gasteiger partial charge in [-0.15, -0.1) is 0 Å². The van der Waals surface area contributed by atoms with Crippen LogP contribution < -0.4 is 10.1 Å². The van der Waals surface area contributed by atoms with Crippen molar-refractivity contribution in [1.82, 2.24) is 10.2 Å². The van der Waals surface area contributed by atoms with E-state index in [4.69, 9.17) is 13.9 Å². The summed E-state index contributed by atoms with van der Waals surface area (Å²) in [6.45, 7) is 17.9. The zero-order chi connectivity index (χ0) is 24.3. The lowest BCUT2D eigenvalue weighted by Gasteiger charge is -2.36. The summed E-state index contributed by atoms with van der Waals surface area (Å²) in [5, 5.41) is 2.91. The quantitative estimate of drug-likeness (QED) is 0.600. The molecule has 0 bridgehead atoms. The number of hydrogen-bond donors (Lipinski definition) is 1. The zero-order valence-corrected chi connectivity index (χ0v) is 22.1. The SMILES string of the molecule is COc1ccc([C@@H]2CN(CCO[Si](C)(C)C(C)(C)C)C(=O)[C@H]2NC(=O)OC(C)(C)C)cc1. The van der Waals surface area contributed by atoms with Crippen LogP contribution in [0.25, 0.3) is 0 Å². The predicted octanol–water partition coefficient (Wildman–Crippen LogP) is 4.54. The average molecular weight is 465 g/mol. The molecule has 180 valence electrons. The number of carbonyl (C=O) groups excluding carboxylic acids is 2. The van der Waals surface area contributed by atoms with Gasteiger partial charge in [0.25, 0.3) is 0 Å². The third kappa shape index (κ3) is 6.72. The van der Waals surface area contributed by atoms with Gasteiger partial charge in [-0.05, 0) is 56.6 Å². The van der Waals surface area contributed by atoms with Crippen molar-refractivity contribution in [3.05, 3.63) is 29.8 Å². The Morgan fingerprint density at radius 1 is 1.12 bits per heavy atom. The van der Waals surface area contributed by atoms with Crippen molar-refractivity contribution >= 4 is 20.3 Å². The fourth-order valence-corrected chi connectivity index (χ4v) is 4.41. The molecule has 1 aromatic carbocycles. The largest absolute Gasteiger partial charge is 0.497 e. The number of rotatable bonds is 7. The molecule has 2 rings (SSSR count). The second-order valence-corrected chi connectivity index (χ2v) is 15.7. The van der Waals surface area contributed by atoms with Crippen LogP contribution in [0.5, 0.6) is 5.75 Å². The maximum absolute atomic E-state index is 13.3. The van der Waals surface area contributed by atoms with E-state index < -0.39 is 26.1 Å². The van der Waals surface area contributed by atoms with E-state index >= 15 is 0 Å². The molecule has 1 saturated heterocycles. The van der Waals surface area contributed by atoms with Crippen LogP contribution in [0.15, 0.2) is 24.3 Å². The van der Waals surface area contributed by atoms with Crippen LogP contribution in [0, 0.1) is 0 Å². The first-order chi connectivity index (χ1) is 14.6. The summed E-state index contributed by atoms with van der Waals surface area (Å²) in [6, 6.07) is 6.93. The van der Waals surface area contributed by atoms with Crippen LogP contribution in [-0.4, -0.2) is 63.7 Å². The predicted molar refractivity (Wildman–Crippen MR) is 129 cm³/mol. The number of methoxy groups -OCH3 is 1. The lowest BCUT2D eigenvalue weighted by Crippen LogP contribution is -2.46. The maximum Gasteiger partial charge on any atom is 0.408 e. The zero-order valence-electron chi connectivity index (χ0n) is 21.1. The van der Waals surface area contributed by atoms with Gasteiger partial charge in [-0.3, -0.25) is 4.79 Å². The third-order valence-electron chi connectivity index (χ3n) is 6.24. The van der Waals surface area contributed by atoms with E-state index in [0.29, 0.717) is 19.7 Å². The molecule has 0 aromatic heterocycles. The monoisotopic (exact) mass is 464 g/mol. The van der Waals surface area contributed by atoms with E-state index in [1.54, 1.807) is 32.8 Å². The molecule has 0 saturated carbocycles. The number of nitrogens with one attached hydrogen (secondary N) is 1. The normalized spacial score (nSPS) is 19.8. The van der Waals surface area contributed by atoms with E-state index in [2.05, 4.69) is 39.2 Å². The third-order valence-corrected chi connectivity index (χ3v) is 10.8. The summed E-state index contributed by atoms with van der Waals surface area (Å²) < 4.78 is 16.9. The molecule has 0 aliphatic carbocycles.